The summed E-state index contributed by atoms with van der Waals surface area (Å²) >= 11 is 12.6. The lowest BCUT2D eigenvalue weighted by molar-refractivity contribution is 0.0938. The van der Waals surface area contributed by atoms with E-state index >= 15 is 0 Å². The summed E-state index contributed by atoms with van der Waals surface area (Å²) in [5.74, 6) is -0.0653. The lowest BCUT2D eigenvalue weighted by Gasteiger charge is -2.13. The number of carbonyl (C=O) groups is 1. The first-order chi connectivity index (χ1) is 8.04. The molecule has 1 rings (SSSR count). The standard InChI is InChI=1S/C12H14Br2ClNO/c1-8(3-2-6-13)16-12(17)9-4-5-11(15)10(14)7-9/h4-5,7-8H,2-3,6H2,1H3,(H,16,17). The molecule has 0 aliphatic rings. The number of hydrogen-bond donors (Lipinski definition) is 1. The Kier molecular flexibility index (Phi) is 6.52. The zero-order chi connectivity index (χ0) is 12.8. The van der Waals surface area contributed by atoms with Crippen LogP contribution in [-0.4, -0.2) is 17.3 Å². The van der Waals surface area contributed by atoms with Crippen LogP contribution in [0.25, 0.3) is 0 Å². The van der Waals surface area contributed by atoms with Gasteiger partial charge in [-0.2, -0.15) is 0 Å². The highest BCUT2D eigenvalue weighted by atomic mass is 79.9. The summed E-state index contributed by atoms with van der Waals surface area (Å²) in [4.78, 5) is 11.9. The Labute approximate surface area is 123 Å². The fourth-order valence-electron chi connectivity index (χ4n) is 1.40. The summed E-state index contributed by atoms with van der Waals surface area (Å²) in [6, 6.07) is 5.34. The van der Waals surface area contributed by atoms with Gasteiger partial charge < -0.3 is 5.32 Å². The molecule has 1 unspecified atom stereocenters. The van der Waals surface area contributed by atoms with E-state index in [0.29, 0.717) is 10.6 Å². The van der Waals surface area contributed by atoms with Crippen molar-refractivity contribution >= 4 is 49.4 Å². The zero-order valence-corrected chi connectivity index (χ0v) is 13.4. The number of carbonyl (C=O) groups excluding carboxylic acids is 1. The molecule has 0 saturated carbocycles. The molecule has 0 spiro atoms. The number of halogens is 3. The molecule has 0 aliphatic heterocycles. The second-order valence-corrected chi connectivity index (χ2v) is 5.89. The minimum Gasteiger partial charge on any atom is -0.350 e. The highest BCUT2D eigenvalue weighted by Gasteiger charge is 2.10. The van der Waals surface area contributed by atoms with Gasteiger partial charge in [0.25, 0.3) is 5.91 Å². The molecule has 2 nitrogen and oxygen atoms in total. The van der Waals surface area contributed by atoms with Gasteiger partial charge in [0.05, 0.1) is 5.02 Å². The topological polar surface area (TPSA) is 29.1 Å². The van der Waals surface area contributed by atoms with Crippen molar-refractivity contribution in [1.29, 1.82) is 0 Å². The Morgan fingerprint density at radius 1 is 1.53 bits per heavy atom. The van der Waals surface area contributed by atoms with E-state index in [1.165, 1.54) is 0 Å². The molecular formula is C12H14Br2ClNO. The predicted octanol–water partition coefficient (Wildman–Crippen LogP) is 4.40. The molecule has 1 aromatic carbocycles. The number of benzene rings is 1. The normalized spacial score (nSPS) is 12.2. The maximum absolute atomic E-state index is 11.9. The van der Waals surface area contributed by atoms with Crippen molar-refractivity contribution in [2.24, 2.45) is 0 Å². The van der Waals surface area contributed by atoms with Crippen molar-refractivity contribution in [2.45, 2.75) is 25.8 Å². The van der Waals surface area contributed by atoms with Crippen LogP contribution in [-0.2, 0) is 0 Å². The van der Waals surface area contributed by atoms with Gasteiger partial charge in [0.15, 0.2) is 0 Å². The number of amides is 1. The quantitative estimate of drug-likeness (QED) is 0.751. The molecule has 5 heteroatoms. The second-order valence-electron chi connectivity index (χ2n) is 3.83. The third-order valence-electron chi connectivity index (χ3n) is 2.33. The summed E-state index contributed by atoms with van der Waals surface area (Å²) in [5.41, 5.74) is 0.618. The molecular weight excluding hydrogens is 369 g/mol. The largest absolute Gasteiger partial charge is 0.350 e. The van der Waals surface area contributed by atoms with Crippen molar-refractivity contribution in [3.63, 3.8) is 0 Å². The van der Waals surface area contributed by atoms with Crippen LogP contribution in [0.5, 0.6) is 0 Å². The number of rotatable bonds is 5. The highest BCUT2D eigenvalue weighted by molar-refractivity contribution is 9.10. The lowest BCUT2D eigenvalue weighted by atomic mass is 10.1. The summed E-state index contributed by atoms with van der Waals surface area (Å²) in [6.45, 7) is 2.01. The Hall–Kier alpha value is -0.0600. The van der Waals surface area contributed by atoms with Crippen LogP contribution in [0.15, 0.2) is 22.7 Å². The molecule has 1 aromatic rings. The Bertz CT molecular complexity index is 398. The first-order valence-electron chi connectivity index (χ1n) is 5.36. The SMILES string of the molecule is CC(CCCBr)NC(=O)c1ccc(Cl)c(Br)c1. The summed E-state index contributed by atoms with van der Waals surface area (Å²) in [6.07, 6.45) is 2.01. The zero-order valence-electron chi connectivity index (χ0n) is 9.47. The average Bonchev–Trinajstić information content (AvgIpc) is 2.30. The number of nitrogens with one attached hydrogen (secondary N) is 1. The monoisotopic (exact) mass is 381 g/mol. The highest BCUT2D eigenvalue weighted by Crippen LogP contribution is 2.23. The molecule has 0 radical (unpaired) electrons. The third-order valence-corrected chi connectivity index (χ3v) is 4.10. The van der Waals surface area contributed by atoms with E-state index in [1.807, 2.05) is 6.92 Å². The first-order valence-corrected chi connectivity index (χ1v) is 7.65. The van der Waals surface area contributed by atoms with Crippen LogP contribution in [0.1, 0.15) is 30.1 Å². The maximum Gasteiger partial charge on any atom is 0.251 e. The van der Waals surface area contributed by atoms with Crippen LogP contribution in [0.3, 0.4) is 0 Å². The van der Waals surface area contributed by atoms with Gasteiger partial charge in [-0.05, 0) is 53.9 Å². The van der Waals surface area contributed by atoms with Crippen molar-refractivity contribution in [2.75, 3.05) is 5.33 Å². The molecule has 94 valence electrons. The summed E-state index contributed by atoms with van der Waals surface area (Å²) in [5, 5.41) is 4.52. The van der Waals surface area contributed by atoms with Gasteiger partial charge in [-0.3, -0.25) is 4.79 Å². The molecule has 1 amide bonds. The van der Waals surface area contributed by atoms with E-state index in [1.54, 1.807) is 18.2 Å². The van der Waals surface area contributed by atoms with Crippen LogP contribution in [0.4, 0.5) is 0 Å². The lowest BCUT2D eigenvalue weighted by Crippen LogP contribution is -2.32. The van der Waals surface area contributed by atoms with Crippen LogP contribution < -0.4 is 5.32 Å². The summed E-state index contributed by atoms with van der Waals surface area (Å²) in [7, 11) is 0. The van der Waals surface area contributed by atoms with Gasteiger partial charge in [-0.15, -0.1) is 0 Å². The van der Waals surface area contributed by atoms with Gasteiger partial charge in [-0.1, -0.05) is 27.5 Å². The molecule has 1 atom stereocenters. The van der Waals surface area contributed by atoms with E-state index < -0.39 is 0 Å². The fraction of sp³-hybridized carbons (Fsp3) is 0.417. The van der Waals surface area contributed by atoms with Gasteiger partial charge in [0, 0.05) is 21.4 Å². The van der Waals surface area contributed by atoms with Crippen molar-refractivity contribution in [3.05, 3.63) is 33.3 Å². The van der Waals surface area contributed by atoms with Gasteiger partial charge in [0.2, 0.25) is 0 Å². The minimum absolute atomic E-state index is 0.0653. The van der Waals surface area contributed by atoms with Gasteiger partial charge in [-0.25, -0.2) is 0 Å². The molecule has 0 heterocycles. The first kappa shape index (κ1) is 15.0. The predicted molar refractivity (Wildman–Crippen MR) is 79.1 cm³/mol. The van der Waals surface area contributed by atoms with E-state index in [4.69, 9.17) is 11.6 Å². The Morgan fingerprint density at radius 3 is 2.82 bits per heavy atom. The third kappa shape index (κ3) is 4.98. The van der Waals surface area contributed by atoms with E-state index in [-0.39, 0.29) is 11.9 Å². The van der Waals surface area contributed by atoms with Crippen molar-refractivity contribution in [1.82, 2.24) is 5.32 Å². The Morgan fingerprint density at radius 2 is 2.24 bits per heavy atom. The molecule has 1 N–H and O–H groups in total. The molecule has 0 bridgehead atoms. The molecule has 0 aromatic heterocycles. The average molecular weight is 384 g/mol. The van der Waals surface area contributed by atoms with E-state index in [0.717, 1.165) is 22.6 Å². The van der Waals surface area contributed by atoms with Gasteiger partial charge >= 0.3 is 0 Å². The van der Waals surface area contributed by atoms with E-state index in [9.17, 15) is 4.79 Å². The van der Waals surface area contributed by atoms with Crippen LogP contribution in [0, 0.1) is 0 Å². The number of hydrogen-bond acceptors (Lipinski definition) is 1. The molecule has 0 saturated heterocycles. The minimum atomic E-state index is -0.0653. The summed E-state index contributed by atoms with van der Waals surface area (Å²) < 4.78 is 0.736. The van der Waals surface area contributed by atoms with Crippen LogP contribution >= 0.6 is 43.5 Å². The maximum atomic E-state index is 11.9. The smallest absolute Gasteiger partial charge is 0.251 e. The Balaban J connectivity index is 2.60. The number of alkyl halides is 1. The van der Waals surface area contributed by atoms with E-state index in [2.05, 4.69) is 37.2 Å². The fourth-order valence-corrected chi connectivity index (χ4v) is 2.22. The van der Waals surface area contributed by atoms with Crippen molar-refractivity contribution < 1.29 is 4.79 Å². The second kappa shape index (κ2) is 7.39. The molecule has 0 aliphatic carbocycles. The van der Waals surface area contributed by atoms with Gasteiger partial charge in [0.1, 0.15) is 0 Å². The van der Waals surface area contributed by atoms with Crippen LogP contribution in [0.2, 0.25) is 5.02 Å². The van der Waals surface area contributed by atoms with Crippen molar-refractivity contribution in [3.8, 4) is 0 Å². The molecule has 0 fully saturated rings. The molecule has 17 heavy (non-hydrogen) atoms.